The minimum Gasteiger partial charge on any atom is -0.465 e. The Morgan fingerprint density at radius 2 is 1.94 bits per heavy atom. The highest BCUT2D eigenvalue weighted by atomic mass is 35.5. The summed E-state index contributed by atoms with van der Waals surface area (Å²) in [6, 6.07) is 8.93. The fraction of sp³-hybridized carbons (Fsp3) is 0.250. The highest BCUT2D eigenvalue weighted by molar-refractivity contribution is 7.98. The molecule has 0 saturated carbocycles. The van der Waals surface area contributed by atoms with E-state index in [4.69, 9.17) is 11.6 Å². The van der Waals surface area contributed by atoms with E-state index in [9.17, 15) is 24.5 Å². The highest BCUT2D eigenvalue weighted by Gasteiger charge is 2.23. The van der Waals surface area contributed by atoms with Crippen molar-refractivity contribution in [1.29, 1.82) is 0 Å². The maximum absolute atomic E-state index is 12.8. The van der Waals surface area contributed by atoms with E-state index in [1.807, 2.05) is 6.26 Å². The Balaban J connectivity index is 2.18. The molecule has 0 heterocycles. The van der Waals surface area contributed by atoms with Crippen LogP contribution in [-0.2, 0) is 9.53 Å². The number of benzene rings is 2. The number of nitrogens with one attached hydrogen (secondary N) is 2. The molecule has 0 fully saturated rings. The molecule has 2 aromatic carbocycles. The van der Waals surface area contributed by atoms with Crippen molar-refractivity contribution < 1.29 is 24.0 Å². The van der Waals surface area contributed by atoms with Gasteiger partial charge in [-0.05, 0) is 48.8 Å². The molecule has 11 heteroatoms. The SMILES string of the molecule is COC(=O)c1cccc(NC(=O)C(CCSC)NC(=O)c2ccc(Cl)c([N+](=O)[O-])c2)c1. The lowest BCUT2D eigenvalue weighted by Crippen LogP contribution is -2.44. The van der Waals surface area contributed by atoms with Gasteiger partial charge in [-0.3, -0.25) is 19.7 Å². The second kappa shape index (κ2) is 11.3. The molecule has 2 rings (SSSR count). The third-order valence-corrected chi connectivity index (χ3v) is 5.15. The number of thioether (sulfide) groups is 1. The second-order valence-electron chi connectivity index (χ2n) is 6.29. The van der Waals surface area contributed by atoms with Crippen LogP contribution in [0.5, 0.6) is 0 Å². The third-order valence-electron chi connectivity index (χ3n) is 4.19. The van der Waals surface area contributed by atoms with Crippen LogP contribution in [0.25, 0.3) is 0 Å². The van der Waals surface area contributed by atoms with Crippen molar-refractivity contribution in [1.82, 2.24) is 5.32 Å². The van der Waals surface area contributed by atoms with E-state index in [-0.39, 0.29) is 16.1 Å². The molecule has 31 heavy (non-hydrogen) atoms. The van der Waals surface area contributed by atoms with Crippen LogP contribution in [0, 0.1) is 10.1 Å². The van der Waals surface area contributed by atoms with E-state index in [1.54, 1.807) is 18.2 Å². The molecule has 0 aliphatic carbocycles. The normalized spacial score (nSPS) is 11.3. The number of hydrogen-bond donors (Lipinski definition) is 2. The first-order valence-corrected chi connectivity index (χ1v) is 10.8. The van der Waals surface area contributed by atoms with Crippen LogP contribution in [-0.4, -0.2) is 47.9 Å². The van der Waals surface area contributed by atoms with Crippen LogP contribution in [0.15, 0.2) is 42.5 Å². The Hall–Kier alpha value is -3.11. The van der Waals surface area contributed by atoms with Crippen LogP contribution in [0.1, 0.15) is 27.1 Å². The summed E-state index contributed by atoms with van der Waals surface area (Å²) in [5.41, 5.74) is 0.224. The standard InChI is InChI=1S/C20H20ClN3O6S/c1-30-20(27)13-4-3-5-14(10-13)22-19(26)16(8-9-31-2)23-18(25)12-6-7-15(21)17(11-12)24(28)29/h3-7,10-11,16H,8-9H2,1-2H3,(H,22,26)(H,23,25). The Morgan fingerprint density at radius 3 is 2.58 bits per heavy atom. The van der Waals surface area contributed by atoms with Crippen molar-refractivity contribution in [3.05, 3.63) is 68.7 Å². The van der Waals surface area contributed by atoms with Crippen LogP contribution >= 0.6 is 23.4 Å². The van der Waals surface area contributed by atoms with Crippen molar-refractivity contribution in [3.63, 3.8) is 0 Å². The number of esters is 1. The summed E-state index contributed by atoms with van der Waals surface area (Å²) >= 11 is 7.28. The maximum atomic E-state index is 12.8. The van der Waals surface area contributed by atoms with Gasteiger partial charge in [-0.25, -0.2) is 4.79 Å². The topological polar surface area (TPSA) is 128 Å². The number of methoxy groups -OCH3 is 1. The first-order valence-electron chi connectivity index (χ1n) is 8.99. The van der Waals surface area contributed by atoms with Crippen molar-refractivity contribution in [3.8, 4) is 0 Å². The lowest BCUT2D eigenvalue weighted by molar-refractivity contribution is -0.384. The lowest BCUT2D eigenvalue weighted by atomic mass is 10.1. The lowest BCUT2D eigenvalue weighted by Gasteiger charge is -2.18. The van der Waals surface area contributed by atoms with Crippen LogP contribution in [0.3, 0.4) is 0 Å². The van der Waals surface area contributed by atoms with E-state index in [1.165, 1.54) is 37.1 Å². The Kier molecular flexibility index (Phi) is 8.83. The zero-order valence-corrected chi connectivity index (χ0v) is 18.3. The van der Waals surface area contributed by atoms with Gasteiger partial charge in [0.1, 0.15) is 11.1 Å². The number of halogens is 1. The van der Waals surface area contributed by atoms with Gasteiger partial charge in [-0.1, -0.05) is 17.7 Å². The number of nitro benzene ring substituents is 1. The zero-order valence-electron chi connectivity index (χ0n) is 16.7. The van der Waals surface area contributed by atoms with E-state index in [0.29, 0.717) is 17.9 Å². The van der Waals surface area contributed by atoms with Gasteiger partial charge in [-0.15, -0.1) is 0 Å². The fourth-order valence-corrected chi connectivity index (χ4v) is 3.27. The molecule has 2 N–H and O–H groups in total. The average Bonchev–Trinajstić information content (AvgIpc) is 2.76. The second-order valence-corrected chi connectivity index (χ2v) is 7.69. The van der Waals surface area contributed by atoms with E-state index >= 15 is 0 Å². The largest absolute Gasteiger partial charge is 0.465 e. The molecule has 164 valence electrons. The average molecular weight is 466 g/mol. The first kappa shape index (κ1) is 24.2. The predicted molar refractivity (Wildman–Crippen MR) is 119 cm³/mol. The Labute approximate surface area is 187 Å². The Bertz CT molecular complexity index is 1000. The van der Waals surface area contributed by atoms with Crippen molar-refractivity contribution in [2.75, 3.05) is 24.4 Å². The summed E-state index contributed by atoms with van der Waals surface area (Å²) in [6.45, 7) is 0. The van der Waals surface area contributed by atoms with Gasteiger partial charge in [0, 0.05) is 17.3 Å². The quantitative estimate of drug-likeness (QED) is 0.329. The molecule has 2 aromatic rings. The minimum absolute atomic E-state index is 0.00531. The number of anilines is 1. The van der Waals surface area contributed by atoms with Gasteiger partial charge in [0.25, 0.3) is 11.6 Å². The smallest absolute Gasteiger partial charge is 0.337 e. The number of nitro groups is 1. The Morgan fingerprint density at radius 1 is 1.19 bits per heavy atom. The molecule has 0 saturated heterocycles. The molecular formula is C20H20ClN3O6S. The van der Waals surface area contributed by atoms with E-state index in [2.05, 4.69) is 15.4 Å². The highest BCUT2D eigenvalue weighted by Crippen LogP contribution is 2.25. The monoisotopic (exact) mass is 465 g/mol. The predicted octanol–water partition coefficient (Wildman–Crippen LogP) is 3.53. The molecule has 0 bridgehead atoms. The molecule has 0 spiro atoms. The third kappa shape index (κ3) is 6.69. The van der Waals surface area contributed by atoms with Crippen molar-refractivity contribution >= 4 is 52.5 Å². The maximum Gasteiger partial charge on any atom is 0.337 e. The molecule has 0 aromatic heterocycles. The number of rotatable bonds is 9. The van der Waals surface area contributed by atoms with Crippen molar-refractivity contribution in [2.45, 2.75) is 12.5 Å². The van der Waals surface area contributed by atoms with E-state index < -0.39 is 34.4 Å². The van der Waals surface area contributed by atoms with Gasteiger partial charge in [0.2, 0.25) is 5.91 Å². The van der Waals surface area contributed by atoms with Gasteiger partial charge < -0.3 is 15.4 Å². The van der Waals surface area contributed by atoms with Crippen LogP contribution in [0.2, 0.25) is 5.02 Å². The molecule has 1 unspecified atom stereocenters. The first-order chi connectivity index (χ1) is 14.8. The van der Waals surface area contributed by atoms with Gasteiger partial charge in [0.05, 0.1) is 17.6 Å². The number of nitrogens with zero attached hydrogens (tertiary/aromatic N) is 1. The summed E-state index contributed by atoms with van der Waals surface area (Å²) in [5, 5.41) is 16.2. The molecule has 1 atom stereocenters. The van der Waals surface area contributed by atoms with Gasteiger partial charge in [-0.2, -0.15) is 11.8 Å². The minimum atomic E-state index is -0.906. The summed E-state index contributed by atoms with van der Waals surface area (Å²) < 4.78 is 4.66. The van der Waals surface area contributed by atoms with E-state index in [0.717, 1.165) is 6.07 Å². The molecule has 0 radical (unpaired) electrons. The summed E-state index contributed by atoms with van der Waals surface area (Å²) in [6.07, 6.45) is 2.18. The zero-order chi connectivity index (χ0) is 23.0. The summed E-state index contributed by atoms with van der Waals surface area (Å²) in [7, 11) is 1.25. The molecular weight excluding hydrogens is 446 g/mol. The number of ether oxygens (including phenoxy) is 1. The van der Waals surface area contributed by atoms with Crippen molar-refractivity contribution in [2.24, 2.45) is 0 Å². The van der Waals surface area contributed by atoms with Crippen LogP contribution < -0.4 is 10.6 Å². The number of hydrogen-bond acceptors (Lipinski definition) is 7. The van der Waals surface area contributed by atoms with Crippen LogP contribution in [0.4, 0.5) is 11.4 Å². The summed E-state index contributed by atoms with van der Waals surface area (Å²) in [4.78, 5) is 47.4. The summed E-state index contributed by atoms with van der Waals surface area (Å²) in [5.74, 6) is -1.11. The number of carbonyl (C=O) groups is 3. The molecule has 9 nitrogen and oxygen atoms in total. The van der Waals surface area contributed by atoms with Gasteiger partial charge in [0.15, 0.2) is 0 Å². The number of carbonyl (C=O) groups excluding carboxylic acids is 3. The van der Waals surface area contributed by atoms with Gasteiger partial charge >= 0.3 is 5.97 Å². The molecule has 2 amide bonds. The molecule has 0 aliphatic heterocycles. The number of amides is 2. The fourth-order valence-electron chi connectivity index (χ4n) is 2.61. The molecule has 0 aliphatic rings.